The molecule has 0 aliphatic heterocycles. The normalized spacial score (nSPS) is 11.8. The van der Waals surface area contributed by atoms with Crippen LogP contribution in [-0.2, 0) is 16.6 Å². The van der Waals surface area contributed by atoms with Gasteiger partial charge in [-0.05, 0) is 38.1 Å². The van der Waals surface area contributed by atoms with Crippen LogP contribution in [-0.4, -0.2) is 28.1 Å². The Hall–Kier alpha value is -1.11. The number of sulfonamides is 1. The molecule has 0 radical (unpaired) electrons. The summed E-state index contributed by atoms with van der Waals surface area (Å²) < 4.78 is 32.2. The fourth-order valence-electron chi connectivity index (χ4n) is 1.68. The first kappa shape index (κ1) is 15.9. The van der Waals surface area contributed by atoms with Gasteiger partial charge in [-0.25, -0.2) is 13.1 Å². The Balaban J connectivity index is 3.15. The zero-order valence-corrected chi connectivity index (χ0v) is 12.7. The molecule has 0 heterocycles. The number of hydrogen-bond donors (Lipinski definition) is 2. The average Bonchev–Trinajstić information content (AvgIpc) is 2.34. The third kappa shape index (κ3) is 4.49. The molecule has 1 aromatic carbocycles. The monoisotopic (exact) mass is 286 g/mol. The van der Waals surface area contributed by atoms with Crippen LogP contribution in [0.15, 0.2) is 23.1 Å². The van der Waals surface area contributed by atoms with Gasteiger partial charge in [0.05, 0.1) is 7.11 Å². The van der Waals surface area contributed by atoms with Crippen LogP contribution in [0, 0.1) is 0 Å². The van der Waals surface area contributed by atoms with Crippen molar-refractivity contribution in [1.82, 2.24) is 10.0 Å². The van der Waals surface area contributed by atoms with Crippen LogP contribution >= 0.6 is 0 Å². The Kier molecular flexibility index (Phi) is 5.78. The largest absolute Gasteiger partial charge is 0.495 e. The van der Waals surface area contributed by atoms with Gasteiger partial charge in [0, 0.05) is 12.6 Å². The van der Waals surface area contributed by atoms with Gasteiger partial charge in [-0.1, -0.05) is 13.0 Å². The van der Waals surface area contributed by atoms with Crippen molar-refractivity contribution in [2.75, 3.05) is 13.7 Å². The molecule has 1 aromatic rings. The van der Waals surface area contributed by atoms with Crippen molar-refractivity contribution in [1.29, 1.82) is 0 Å². The van der Waals surface area contributed by atoms with E-state index in [2.05, 4.69) is 10.0 Å². The summed E-state index contributed by atoms with van der Waals surface area (Å²) in [7, 11) is -2.09. The van der Waals surface area contributed by atoms with E-state index in [1.165, 1.54) is 7.11 Å². The maximum atomic E-state index is 12.2. The maximum absolute atomic E-state index is 12.2. The molecule has 2 N–H and O–H groups in total. The van der Waals surface area contributed by atoms with Gasteiger partial charge < -0.3 is 10.1 Å². The number of rotatable bonds is 7. The number of ether oxygens (including phenoxy) is 1. The summed E-state index contributed by atoms with van der Waals surface area (Å²) in [6.45, 7) is 7.03. The summed E-state index contributed by atoms with van der Waals surface area (Å²) >= 11 is 0. The van der Waals surface area contributed by atoms with Crippen molar-refractivity contribution >= 4 is 10.0 Å². The van der Waals surface area contributed by atoms with E-state index >= 15 is 0 Å². The highest BCUT2D eigenvalue weighted by Crippen LogP contribution is 2.25. The lowest BCUT2D eigenvalue weighted by molar-refractivity contribution is 0.402. The van der Waals surface area contributed by atoms with Crippen LogP contribution in [0.5, 0.6) is 5.75 Å². The molecule has 0 unspecified atom stereocenters. The van der Waals surface area contributed by atoms with Crippen molar-refractivity contribution in [3.63, 3.8) is 0 Å². The van der Waals surface area contributed by atoms with Crippen LogP contribution in [0.25, 0.3) is 0 Å². The van der Waals surface area contributed by atoms with Gasteiger partial charge >= 0.3 is 0 Å². The van der Waals surface area contributed by atoms with Gasteiger partial charge in [0.1, 0.15) is 10.6 Å². The summed E-state index contributed by atoms with van der Waals surface area (Å²) in [4.78, 5) is 0.180. The number of nitrogens with one attached hydrogen (secondary N) is 2. The van der Waals surface area contributed by atoms with E-state index in [0.29, 0.717) is 12.3 Å². The third-order valence-corrected chi connectivity index (χ3v) is 4.17. The van der Waals surface area contributed by atoms with Crippen LogP contribution in [0.3, 0.4) is 0 Å². The Bertz CT molecular complexity index is 513. The Morgan fingerprint density at radius 2 is 2.00 bits per heavy atom. The van der Waals surface area contributed by atoms with E-state index < -0.39 is 10.0 Å². The fourth-order valence-corrected chi connectivity index (χ4v) is 3.15. The Morgan fingerprint density at radius 1 is 1.32 bits per heavy atom. The minimum atomic E-state index is -3.55. The molecule has 19 heavy (non-hydrogen) atoms. The third-order valence-electron chi connectivity index (χ3n) is 2.49. The first-order chi connectivity index (χ1) is 8.90. The molecule has 0 fully saturated rings. The standard InChI is InChI=1S/C13H22N2O3S/c1-5-14-9-11-6-7-12(18-4)13(8-11)19(16,17)15-10(2)3/h6-8,10,14-15H,5,9H2,1-4H3. The van der Waals surface area contributed by atoms with E-state index in [9.17, 15) is 8.42 Å². The van der Waals surface area contributed by atoms with E-state index in [1.54, 1.807) is 26.0 Å². The summed E-state index contributed by atoms with van der Waals surface area (Å²) in [5.74, 6) is 0.355. The highest BCUT2D eigenvalue weighted by Gasteiger charge is 2.20. The lowest BCUT2D eigenvalue weighted by atomic mass is 10.2. The van der Waals surface area contributed by atoms with Crippen LogP contribution in [0.2, 0.25) is 0 Å². The second kappa shape index (κ2) is 6.88. The SMILES string of the molecule is CCNCc1ccc(OC)c(S(=O)(=O)NC(C)C)c1. The fraction of sp³-hybridized carbons (Fsp3) is 0.538. The molecule has 1 rings (SSSR count). The molecule has 108 valence electrons. The minimum absolute atomic E-state index is 0.160. The highest BCUT2D eigenvalue weighted by atomic mass is 32.2. The molecule has 5 nitrogen and oxygen atoms in total. The lowest BCUT2D eigenvalue weighted by Crippen LogP contribution is -2.30. The first-order valence-electron chi connectivity index (χ1n) is 6.30. The number of benzene rings is 1. The molecule has 0 bridgehead atoms. The van der Waals surface area contributed by atoms with Gasteiger partial charge in [-0.3, -0.25) is 0 Å². The number of hydrogen-bond acceptors (Lipinski definition) is 4. The molecule has 0 spiro atoms. The molecule has 6 heteroatoms. The van der Waals surface area contributed by atoms with E-state index in [0.717, 1.165) is 12.1 Å². The van der Waals surface area contributed by atoms with Gasteiger partial charge in [0.15, 0.2) is 0 Å². The molecule has 0 aromatic heterocycles. The number of methoxy groups -OCH3 is 1. The van der Waals surface area contributed by atoms with E-state index in [4.69, 9.17) is 4.74 Å². The van der Waals surface area contributed by atoms with Crippen LogP contribution in [0.4, 0.5) is 0 Å². The smallest absolute Gasteiger partial charge is 0.244 e. The highest BCUT2D eigenvalue weighted by molar-refractivity contribution is 7.89. The van der Waals surface area contributed by atoms with Crippen molar-refractivity contribution in [3.05, 3.63) is 23.8 Å². The molecular formula is C13H22N2O3S. The van der Waals surface area contributed by atoms with Crippen LogP contribution < -0.4 is 14.8 Å². The second-order valence-electron chi connectivity index (χ2n) is 4.54. The van der Waals surface area contributed by atoms with Crippen molar-refractivity contribution in [3.8, 4) is 5.75 Å². The quantitative estimate of drug-likeness (QED) is 0.797. The van der Waals surface area contributed by atoms with Crippen molar-refractivity contribution in [2.45, 2.75) is 38.3 Å². The Morgan fingerprint density at radius 3 is 2.53 bits per heavy atom. The molecule has 0 saturated carbocycles. The molecule has 0 aliphatic carbocycles. The second-order valence-corrected chi connectivity index (χ2v) is 6.22. The summed E-state index contributed by atoms with van der Waals surface area (Å²) in [5, 5.41) is 3.17. The summed E-state index contributed by atoms with van der Waals surface area (Å²) in [5.41, 5.74) is 0.909. The molecule has 0 aliphatic rings. The summed E-state index contributed by atoms with van der Waals surface area (Å²) in [6.07, 6.45) is 0. The van der Waals surface area contributed by atoms with Gasteiger partial charge in [0.25, 0.3) is 0 Å². The van der Waals surface area contributed by atoms with Gasteiger partial charge in [-0.15, -0.1) is 0 Å². The van der Waals surface area contributed by atoms with E-state index in [-0.39, 0.29) is 10.9 Å². The molecule has 0 atom stereocenters. The molecule has 0 saturated heterocycles. The Labute approximate surface area is 115 Å². The van der Waals surface area contributed by atoms with E-state index in [1.807, 2.05) is 13.0 Å². The first-order valence-corrected chi connectivity index (χ1v) is 7.79. The molecule has 0 amide bonds. The van der Waals surface area contributed by atoms with Gasteiger partial charge in [-0.2, -0.15) is 0 Å². The topological polar surface area (TPSA) is 67.4 Å². The minimum Gasteiger partial charge on any atom is -0.495 e. The summed E-state index contributed by atoms with van der Waals surface area (Å²) in [6, 6.07) is 5.02. The van der Waals surface area contributed by atoms with Crippen LogP contribution in [0.1, 0.15) is 26.3 Å². The zero-order valence-electron chi connectivity index (χ0n) is 11.9. The predicted octanol–water partition coefficient (Wildman–Crippen LogP) is 1.49. The predicted molar refractivity (Wildman–Crippen MR) is 75.8 cm³/mol. The maximum Gasteiger partial charge on any atom is 0.244 e. The van der Waals surface area contributed by atoms with Gasteiger partial charge in [0.2, 0.25) is 10.0 Å². The lowest BCUT2D eigenvalue weighted by Gasteiger charge is -2.14. The average molecular weight is 286 g/mol. The van der Waals surface area contributed by atoms with Crippen molar-refractivity contribution in [2.24, 2.45) is 0 Å². The molecular weight excluding hydrogens is 264 g/mol. The van der Waals surface area contributed by atoms with Crippen molar-refractivity contribution < 1.29 is 13.2 Å². The zero-order chi connectivity index (χ0) is 14.5.